The van der Waals surface area contributed by atoms with Crippen LogP contribution in [-0.2, 0) is 0 Å². The van der Waals surface area contributed by atoms with Crippen LogP contribution in [0, 0.1) is 0 Å². The van der Waals surface area contributed by atoms with Gasteiger partial charge in [0.15, 0.2) is 0 Å². The van der Waals surface area contributed by atoms with Crippen molar-refractivity contribution < 1.29 is 5.11 Å². The average molecular weight is 309 g/mol. The molecule has 0 saturated carbocycles. The summed E-state index contributed by atoms with van der Waals surface area (Å²) in [7, 11) is 0. The third-order valence-corrected chi connectivity index (χ3v) is 3.85. The van der Waals surface area contributed by atoms with Crippen molar-refractivity contribution in [3.63, 3.8) is 0 Å². The summed E-state index contributed by atoms with van der Waals surface area (Å²) in [4.78, 5) is 1.17. The predicted molar refractivity (Wildman–Crippen MR) is 76.4 cm³/mol. The minimum Gasteiger partial charge on any atom is -0.384 e. The zero-order valence-corrected chi connectivity index (χ0v) is 11.8. The fraction of sp³-hybridized carbons (Fsp3) is 0.143. The van der Waals surface area contributed by atoms with E-state index in [9.17, 15) is 5.11 Å². The van der Waals surface area contributed by atoms with Gasteiger partial charge in [-0.15, -0.1) is 11.8 Å². The van der Waals surface area contributed by atoms with E-state index in [4.69, 9.17) is 0 Å². The molecule has 0 aliphatic carbocycles. The molecule has 0 spiro atoms. The Labute approximate surface area is 114 Å². The van der Waals surface area contributed by atoms with Crippen molar-refractivity contribution in [2.45, 2.75) is 11.0 Å². The van der Waals surface area contributed by atoms with E-state index in [0.717, 1.165) is 15.6 Å². The molecule has 0 amide bonds. The van der Waals surface area contributed by atoms with Crippen LogP contribution < -0.4 is 0 Å². The van der Waals surface area contributed by atoms with Crippen molar-refractivity contribution >= 4 is 27.7 Å². The normalized spacial score (nSPS) is 12.4. The summed E-state index contributed by atoms with van der Waals surface area (Å²) in [6, 6.07) is 15.7. The molecule has 0 radical (unpaired) electrons. The lowest BCUT2D eigenvalue weighted by Gasteiger charge is -2.12. The lowest BCUT2D eigenvalue weighted by Crippen LogP contribution is -1.99. The second-order valence-corrected chi connectivity index (χ2v) is 5.53. The zero-order chi connectivity index (χ0) is 12.3. The van der Waals surface area contributed by atoms with E-state index in [0.29, 0.717) is 0 Å². The van der Waals surface area contributed by atoms with Crippen LogP contribution in [0.1, 0.15) is 17.2 Å². The summed E-state index contributed by atoms with van der Waals surface area (Å²) in [5.41, 5.74) is 1.84. The van der Waals surface area contributed by atoms with E-state index >= 15 is 0 Å². The summed E-state index contributed by atoms with van der Waals surface area (Å²) in [6.07, 6.45) is 1.47. The SMILES string of the molecule is CSc1cccc([C@@H](O)c2ccc(Br)cc2)c1. The van der Waals surface area contributed by atoms with Crippen LogP contribution in [0.5, 0.6) is 0 Å². The number of hydrogen-bond acceptors (Lipinski definition) is 2. The van der Waals surface area contributed by atoms with Gasteiger partial charge in [-0.1, -0.05) is 40.2 Å². The lowest BCUT2D eigenvalue weighted by atomic mass is 10.0. The first-order valence-corrected chi connectivity index (χ1v) is 7.30. The topological polar surface area (TPSA) is 20.2 Å². The Kier molecular flexibility index (Phi) is 4.26. The quantitative estimate of drug-likeness (QED) is 0.855. The third kappa shape index (κ3) is 3.12. The molecule has 0 aromatic heterocycles. The summed E-state index contributed by atoms with van der Waals surface area (Å²) in [5, 5.41) is 10.3. The van der Waals surface area contributed by atoms with Crippen LogP contribution in [0.4, 0.5) is 0 Å². The van der Waals surface area contributed by atoms with Gasteiger partial charge in [0.05, 0.1) is 0 Å². The lowest BCUT2D eigenvalue weighted by molar-refractivity contribution is 0.220. The maximum atomic E-state index is 10.3. The molecular formula is C14H13BrOS. The minimum absolute atomic E-state index is 0.560. The van der Waals surface area contributed by atoms with Gasteiger partial charge >= 0.3 is 0 Å². The van der Waals surface area contributed by atoms with E-state index in [2.05, 4.69) is 15.9 Å². The Morgan fingerprint density at radius 1 is 1.06 bits per heavy atom. The van der Waals surface area contributed by atoms with Gasteiger partial charge in [0, 0.05) is 9.37 Å². The molecule has 88 valence electrons. The second kappa shape index (κ2) is 5.71. The maximum Gasteiger partial charge on any atom is 0.104 e. The van der Waals surface area contributed by atoms with Crippen molar-refractivity contribution in [3.05, 3.63) is 64.1 Å². The highest BCUT2D eigenvalue weighted by molar-refractivity contribution is 9.10. The van der Waals surface area contributed by atoms with Crippen molar-refractivity contribution in [1.82, 2.24) is 0 Å². The van der Waals surface area contributed by atoms with Gasteiger partial charge in [-0.2, -0.15) is 0 Å². The number of thioether (sulfide) groups is 1. The van der Waals surface area contributed by atoms with Gasteiger partial charge in [-0.05, 0) is 41.6 Å². The van der Waals surface area contributed by atoms with Gasteiger partial charge in [-0.25, -0.2) is 0 Å². The molecule has 0 heterocycles. The average Bonchev–Trinajstić information content (AvgIpc) is 2.39. The number of rotatable bonds is 3. The maximum absolute atomic E-state index is 10.3. The van der Waals surface area contributed by atoms with Crippen LogP contribution in [-0.4, -0.2) is 11.4 Å². The molecule has 2 rings (SSSR count). The Morgan fingerprint density at radius 3 is 2.41 bits per heavy atom. The first-order valence-electron chi connectivity index (χ1n) is 5.28. The molecule has 2 aromatic carbocycles. The molecule has 3 heteroatoms. The van der Waals surface area contributed by atoms with E-state index in [1.54, 1.807) is 11.8 Å². The van der Waals surface area contributed by atoms with Crippen LogP contribution in [0.2, 0.25) is 0 Å². The molecule has 17 heavy (non-hydrogen) atoms. The Balaban J connectivity index is 2.29. The van der Waals surface area contributed by atoms with Crippen LogP contribution in [0.15, 0.2) is 57.9 Å². The fourth-order valence-corrected chi connectivity index (χ4v) is 2.38. The number of aliphatic hydroxyl groups is 1. The molecule has 1 nitrogen and oxygen atoms in total. The summed E-state index contributed by atoms with van der Waals surface area (Å²) in [6.45, 7) is 0. The molecule has 0 saturated heterocycles. The Bertz CT molecular complexity index is 496. The second-order valence-electron chi connectivity index (χ2n) is 3.73. The van der Waals surface area contributed by atoms with Crippen LogP contribution in [0.25, 0.3) is 0 Å². The highest BCUT2D eigenvalue weighted by atomic mass is 79.9. The fourth-order valence-electron chi connectivity index (χ4n) is 1.65. The van der Waals surface area contributed by atoms with Gasteiger partial charge in [-0.3, -0.25) is 0 Å². The van der Waals surface area contributed by atoms with E-state index in [1.807, 2.05) is 54.8 Å². The third-order valence-electron chi connectivity index (χ3n) is 2.60. The molecule has 0 aliphatic rings. The molecule has 0 unspecified atom stereocenters. The molecule has 0 bridgehead atoms. The standard InChI is InChI=1S/C14H13BrOS/c1-17-13-4-2-3-11(9-13)14(16)10-5-7-12(15)8-6-10/h2-9,14,16H,1H3/t14-/m0/s1. The number of aliphatic hydroxyl groups excluding tert-OH is 1. The summed E-state index contributed by atoms with van der Waals surface area (Å²) in [5.74, 6) is 0. The number of benzene rings is 2. The summed E-state index contributed by atoms with van der Waals surface area (Å²) < 4.78 is 1.02. The number of hydrogen-bond donors (Lipinski definition) is 1. The highest BCUT2D eigenvalue weighted by Gasteiger charge is 2.10. The van der Waals surface area contributed by atoms with Crippen molar-refractivity contribution in [2.24, 2.45) is 0 Å². The molecule has 2 aromatic rings. The van der Waals surface area contributed by atoms with Crippen molar-refractivity contribution in [1.29, 1.82) is 0 Å². The Morgan fingerprint density at radius 2 is 1.76 bits per heavy atom. The number of halogens is 1. The van der Waals surface area contributed by atoms with E-state index in [1.165, 1.54) is 4.90 Å². The molecule has 0 fully saturated rings. The van der Waals surface area contributed by atoms with E-state index in [-0.39, 0.29) is 0 Å². The van der Waals surface area contributed by atoms with Crippen molar-refractivity contribution in [2.75, 3.05) is 6.26 Å². The smallest absolute Gasteiger partial charge is 0.104 e. The molecule has 1 N–H and O–H groups in total. The van der Waals surface area contributed by atoms with Crippen LogP contribution >= 0.6 is 27.7 Å². The van der Waals surface area contributed by atoms with Crippen LogP contribution in [0.3, 0.4) is 0 Å². The first kappa shape index (κ1) is 12.7. The molecular weight excluding hydrogens is 296 g/mol. The molecule has 1 atom stereocenters. The van der Waals surface area contributed by atoms with Crippen molar-refractivity contribution in [3.8, 4) is 0 Å². The minimum atomic E-state index is -0.560. The van der Waals surface area contributed by atoms with Gasteiger partial charge in [0.1, 0.15) is 6.10 Å². The first-order chi connectivity index (χ1) is 8.20. The van der Waals surface area contributed by atoms with Gasteiger partial charge in [0.25, 0.3) is 0 Å². The largest absolute Gasteiger partial charge is 0.384 e. The zero-order valence-electron chi connectivity index (χ0n) is 9.43. The molecule has 0 aliphatic heterocycles. The predicted octanol–water partition coefficient (Wildman–Crippen LogP) is 4.25. The Hall–Kier alpha value is -0.770. The van der Waals surface area contributed by atoms with E-state index < -0.39 is 6.10 Å². The summed E-state index contributed by atoms with van der Waals surface area (Å²) >= 11 is 5.07. The van der Waals surface area contributed by atoms with Gasteiger partial charge in [0.2, 0.25) is 0 Å². The highest BCUT2D eigenvalue weighted by Crippen LogP contribution is 2.26. The monoisotopic (exact) mass is 308 g/mol. The van der Waals surface area contributed by atoms with Gasteiger partial charge < -0.3 is 5.11 Å².